The Balaban J connectivity index is 3.15. The van der Waals surface area contributed by atoms with Crippen LogP contribution in [0.5, 0.6) is 0 Å². The van der Waals surface area contributed by atoms with Crippen LogP contribution in [0.25, 0.3) is 0 Å². The summed E-state index contributed by atoms with van der Waals surface area (Å²) in [6.07, 6.45) is -3.46. The van der Waals surface area contributed by atoms with Crippen LogP contribution >= 0.6 is 10.7 Å². The molecule has 92 valence electrons. The first-order valence-corrected chi connectivity index (χ1v) is 6.52. The maximum atomic E-state index is 12.1. The van der Waals surface area contributed by atoms with E-state index in [-0.39, 0.29) is 12.2 Å². The minimum atomic E-state index is -4.43. The highest BCUT2D eigenvalue weighted by Gasteiger charge is 2.30. The topological polar surface area (TPSA) is 52.0 Å². The molecule has 0 aliphatic carbocycles. The van der Waals surface area contributed by atoms with Crippen molar-refractivity contribution in [3.05, 3.63) is 12.0 Å². The van der Waals surface area contributed by atoms with Gasteiger partial charge in [0.05, 0.1) is 0 Å². The quantitative estimate of drug-likeness (QED) is 0.793. The number of hydrogen-bond donors (Lipinski definition) is 0. The van der Waals surface area contributed by atoms with E-state index >= 15 is 0 Å². The summed E-state index contributed by atoms with van der Waals surface area (Å²) in [5, 5.41) is -0.560. The molecule has 0 saturated carbocycles. The summed E-state index contributed by atoms with van der Waals surface area (Å²) in [7, 11) is 0.890. The number of halogens is 4. The van der Waals surface area contributed by atoms with Gasteiger partial charge in [-0.2, -0.15) is 13.2 Å². The van der Waals surface area contributed by atoms with Gasteiger partial charge in [0.15, 0.2) is 5.03 Å². The minimum Gasteiger partial charge on any atom is -0.324 e. The van der Waals surface area contributed by atoms with E-state index in [9.17, 15) is 21.6 Å². The lowest BCUT2D eigenvalue weighted by molar-refractivity contribution is -0.141. The second kappa shape index (κ2) is 4.25. The second-order valence-electron chi connectivity index (χ2n) is 3.03. The third-order valence-electron chi connectivity index (χ3n) is 1.75. The normalized spacial score (nSPS) is 13.1. The van der Waals surface area contributed by atoms with E-state index in [4.69, 9.17) is 10.7 Å². The summed E-state index contributed by atoms with van der Waals surface area (Å²) >= 11 is 0. The van der Waals surface area contributed by atoms with Gasteiger partial charge in [-0.15, -0.1) is 0 Å². The molecule has 0 bridgehead atoms. The number of alkyl halides is 3. The van der Waals surface area contributed by atoms with E-state index in [1.165, 1.54) is 0 Å². The molecule has 1 aromatic rings. The maximum absolute atomic E-state index is 12.1. The molecule has 0 amide bonds. The molecule has 1 aromatic heterocycles. The molecule has 16 heavy (non-hydrogen) atoms. The highest BCUT2D eigenvalue weighted by molar-refractivity contribution is 8.13. The molecule has 0 aromatic carbocycles. The number of hydrogen-bond acceptors (Lipinski definition) is 3. The van der Waals surface area contributed by atoms with Crippen molar-refractivity contribution in [2.75, 3.05) is 0 Å². The lowest BCUT2D eigenvalue weighted by atomic mass is 10.4. The Kier molecular flexibility index (Phi) is 3.53. The SMILES string of the molecule is CCc1nc(S(=O)(=O)Cl)cn1CC(F)(F)F. The van der Waals surface area contributed by atoms with Crippen LogP contribution in [0, 0.1) is 0 Å². The summed E-state index contributed by atoms with van der Waals surface area (Å²) in [6.45, 7) is 0.287. The van der Waals surface area contributed by atoms with Gasteiger partial charge in [0, 0.05) is 23.3 Å². The van der Waals surface area contributed by atoms with Gasteiger partial charge in [-0.3, -0.25) is 0 Å². The molecular formula is C7H8ClF3N2O2S. The van der Waals surface area contributed by atoms with Crippen molar-refractivity contribution in [1.29, 1.82) is 0 Å². The van der Waals surface area contributed by atoms with Crippen molar-refractivity contribution >= 4 is 19.7 Å². The molecular weight excluding hydrogens is 269 g/mol. The van der Waals surface area contributed by atoms with Gasteiger partial charge < -0.3 is 4.57 Å². The summed E-state index contributed by atoms with van der Waals surface area (Å²) in [4.78, 5) is 3.53. The molecule has 1 rings (SSSR count). The lowest BCUT2D eigenvalue weighted by Crippen LogP contribution is -2.18. The van der Waals surface area contributed by atoms with Gasteiger partial charge in [0.25, 0.3) is 9.05 Å². The third kappa shape index (κ3) is 3.38. The Labute approximate surface area is 94.5 Å². The van der Waals surface area contributed by atoms with Crippen molar-refractivity contribution < 1.29 is 21.6 Å². The van der Waals surface area contributed by atoms with Crippen LogP contribution in [-0.4, -0.2) is 24.1 Å². The molecule has 0 N–H and O–H groups in total. The first kappa shape index (κ1) is 13.3. The molecule has 0 fully saturated rings. The first-order chi connectivity index (χ1) is 7.13. The molecule has 0 atom stereocenters. The van der Waals surface area contributed by atoms with E-state index in [2.05, 4.69) is 4.98 Å². The average Bonchev–Trinajstić information content (AvgIpc) is 2.43. The lowest BCUT2D eigenvalue weighted by Gasteiger charge is -2.08. The van der Waals surface area contributed by atoms with Crippen LogP contribution in [0.4, 0.5) is 13.2 Å². The van der Waals surface area contributed by atoms with Crippen molar-refractivity contribution in [3.63, 3.8) is 0 Å². The smallest absolute Gasteiger partial charge is 0.324 e. The molecule has 0 saturated heterocycles. The largest absolute Gasteiger partial charge is 0.406 e. The van der Waals surface area contributed by atoms with Gasteiger partial charge in [-0.1, -0.05) is 6.92 Å². The number of nitrogens with zero attached hydrogens (tertiary/aromatic N) is 2. The van der Waals surface area contributed by atoms with Crippen molar-refractivity contribution in [1.82, 2.24) is 9.55 Å². The van der Waals surface area contributed by atoms with E-state index in [0.717, 1.165) is 10.8 Å². The van der Waals surface area contributed by atoms with E-state index < -0.39 is 26.8 Å². The Bertz CT molecular complexity index is 480. The first-order valence-electron chi connectivity index (χ1n) is 4.21. The molecule has 0 aliphatic heterocycles. The van der Waals surface area contributed by atoms with Crippen LogP contribution < -0.4 is 0 Å². The van der Waals surface area contributed by atoms with Crippen LogP contribution in [0.1, 0.15) is 12.7 Å². The van der Waals surface area contributed by atoms with Crippen LogP contribution in [0.15, 0.2) is 11.2 Å². The Morgan fingerprint density at radius 2 is 2.06 bits per heavy atom. The zero-order chi connectivity index (χ0) is 12.6. The van der Waals surface area contributed by atoms with Crippen LogP contribution in [-0.2, 0) is 22.0 Å². The standard InChI is InChI=1S/C7H8ClF3N2O2S/c1-2-5-12-6(16(8,14)15)3-13(5)4-7(9,10)11/h3H,2,4H2,1H3. The zero-order valence-corrected chi connectivity index (χ0v) is 9.70. The fourth-order valence-electron chi connectivity index (χ4n) is 1.16. The number of rotatable bonds is 3. The average molecular weight is 277 g/mol. The fourth-order valence-corrected chi connectivity index (χ4v) is 1.85. The highest BCUT2D eigenvalue weighted by atomic mass is 35.7. The van der Waals surface area contributed by atoms with Crippen molar-refractivity contribution in [2.45, 2.75) is 31.1 Å². The molecule has 0 spiro atoms. The predicted octanol–water partition coefficient (Wildman–Crippen LogP) is 1.94. The monoisotopic (exact) mass is 276 g/mol. The van der Waals surface area contributed by atoms with Gasteiger partial charge in [-0.25, -0.2) is 13.4 Å². The second-order valence-corrected chi connectivity index (χ2v) is 5.54. The zero-order valence-electron chi connectivity index (χ0n) is 8.12. The summed E-state index contributed by atoms with van der Waals surface area (Å²) in [5.41, 5.74) is 0. The summed E-state index contributed by atoms with van der Waals surface area (Å²) < 4.78 is 58.9. The molecule has 0 radical (unpaired) electrons. The maximum Gasteiger partial charge on any atom is 0.406 e. The van der Waals surface area contributed by atoms with Gasteiger partial charge in [-0.05, 0) is 0 Å². The molecule has 4 nitrogen and oxygen atoms in total. The number of aryl methyl sites for hydroxylation is 1. The van der Waals surface area contributed by atoms with E-state index in [1.807, 2.05) is 0 Å². The van der Waals surface area contributed by atoms with Crippen molar-refractivity contribution in [2.24, 2.45) is 0 Å². The fraction of sp³-hybridized carbons (Fsp3) is 0.571. The molecule has 1 heterocycles. The molecule has 0 unspecified atom stereocenters. The Morgan fingerprint density at radius 3 is 2.44 bits per heavy atom. The minimum absolute atomic E-state index is 0.0246. The van der Waals surface area contributed by atoms with Gasteiger partial charge in [0.2, 0.25) is 0 Å². The van der Waals surface area contributed by atoms with E-state index in [0.29, 0.717) is 0 Å². The van der Waals surface area contributed by atoms with Crippen molar-refractivity contribution in [3.8, 4) is 0 Å². The highest BCUT2D eigenvalue weighted by Crippen LogP contribution is 2.21. The van der Waals surface area contributed by atoms with Gasteiger partial charge >= 0.3 is 6.18 Å². The van der Waals surface area contributed by atoms with E-state index in [1.54, 1.807) is 6.92 Å². The van der Waals surface area contributed by atoms with Gasteiger partial charge in [0.1, 0.15) is 12.4 Å². The molecule has 0 aliphatic rings. The number of aromatic nitrogens is 2. The summed E-state index contributed by atoms with van der Waals surface area (Å²) in [6, 6.07) is 0. The number of imidazole rings is 1. The predicted molar refractivity (Wildman–Crippen MR) is 50.7 cm³/mol. The van der Waals surface area contributed by atoms with Crippen LogP contribution in [0.2, 0.25) is 0 Å². The third-order valence-corrected chi connectivity index (χ3v) is 2.92. The Hall–Kier alpha value is -0.760. The Morgan fingerprint density at radius 1 is 1.50 bits per heavy atom. The van der Waals surface area contributed by atoms with Crippen LogP contribution in [0.3, 0.4) is 0 Å². The summed E-state index contributed by atoms with van der Waals surface area (Å²) in [5.74, 6) is 0.0246. The molecule has 9 heteroatoms.